The first-order chi connectivity index (χ1) is 6.29. The number of rotatable bonds is 4. The van der Waals surface area contributed by atoms with Crippen LogP contribution in [0.4, 0.5) is 0 Å². The molecular formula is C8H10N2OS2. The molecule has 1 rings (SSSR count). The molecule has 0 radical (unpaired) electrons. The molecule has 0 fully saturated rings. The summed E-state index contributed by atoms with van der Waals surface area (Å²) >= 11 is 2.84. The fourth-order valence-corrected chi connectivity index (χ4v) is 2.83. The number of aromatic nitrogens is 1. The Labute approximate surface area is 84.9 Å². The predicted molar refractivity (Wildman–Crippen MR) is 55.3 cm³/mol. The van der Waals surface area contributed by atoms with Crippen LogP contribution in [-0.4, -0.2) is 10.1 Å². The van der Waals surface area contributed by atoms with E-state index < -0.39 is 0 Å². The average Bonchev–Trinajstić information content (AvgIpc) is 2.47. The highest BCUT2D eigenvalue weighted by atomic mass is 32.2. The highest BCUT2D eigenvalue weighted by molar-refractivity contribution is 8.01. The second-order valence-corrected chi connectivity index (χ2v) is 4.69. The molecule has 0 bridgehead atoms. The van der Waals surface area contributed by atoms with Crippen LogP contribution in [0, 0.1) is 11.3 Å². The minimum Gasteiger partial charge on any atom is -0.276 e. The van der Waals surface area contributed by atoms with Crippen molar-refractivity contribution < 1.29 is 0 Å². The zero-order valence-corrected chi connectivity index (χ0v) is 8.93. The van der Waals surface area contributed by atoms with E-state index in [4.69, 9.17) is 5.26 Å². The maximum atomic E-state index is 11.0. The van der Waals surface area contributed by atoms with Crippen LogP contribution in [0.1, 0.15) is 25.3 Å². The molecule has 0 saturated carbocycles. The van der Waals surface area contributed by atoms with Gasteiger partial charge in [-0.15, -0.1) is 11.8 Å². The molecule has 0 saturated heterocycles. The molecule has 0 aliphatic rings. The first-order valence-corrected chi connectivity index (χ1v) is 5.84. The maximum absolute atomic E-state index is 11.0. The van der Waals surface area contributed by atoms with E-state index in [2.05, 4.69) is 11.3 Å². The summed E-state index contributed by atoms with van der Waals surface area (Å²) in [5.74, 6) is 0.971. The molecule has 0 aliphatic heterocycles. The molecule has 0 unspecified atom stereocenters. The van der Waals surface area contributed by atoms with Crippen molar-refractivity contribution in [3.05, 3.63) is 15.9 Å². The number of nitriles is 1. The number of thioether (sulfide) groups is 1. The van der Waals surface area contributed by atoms with E-state index in [1.807, 2.05) is 6.07 Å². The van der Waals surface area contributed by atoms with Crippen LogP contribution < -0.4 is 5.56 Å². The molecule has 0 atom stereocenters. The summed E-state index contributed by atoms with van der Waals surface area (Å²) in [4.78, 5) is 11.0. The van der Waals surface area contributed by atoms with Gasteiger partial charge in [0, 0.05) is 0 Å². The lowest BCUT2D eigenvalue weighted by Crippen LogP contribution is -2.01. The standard InChI is InChI=1S/C8H10N2OS2/c1-2-3-4-12-8-6(5-9)7(11)10-13-8/h2-4H2,1H3,(H,10,11). The Morgan fingerprint density at radius 1 is 1.69 bits per heavy atom. The van der Waals surface area contributed by atoms with Gasteiger partial charge in [-0.25, -0.2) is 0 Å². The number of hydrogen-bond acceptors (Lipinski definition) is 4. The molecule has 70 valence electrons. The third kappa shape index (κ3) is 2.61. The van der Waals surface area contributed by atoms with Crippen LogP contribution in [0.2, 0.25) is 0 Å². The lowest BCUT2D eigenvalue weighted by Gasteiger charge is -1.94. The minimum atomic E-state index is -0.258. The molecular weight excluding hydrogens is 204 g/mol. The second kappa shape index (κ2) is 5.10. The van der Waals surface area contributed by atoms with E-state index in [1.54, 1.807) is 11.8 Å². The van der Waals surface area contributed by atoms with E-state index in [1.165, 1.54) is 11.5 Å². The molecule has 0 amide bonds. The van der Waals surface area contributed by atoms with Gasteiger partial charge in [0.15, 0.2) is 0 Å². The van der Waals surface area contributed by atoms with Crippen molar-refractivity contribution in [3.63, 3.8) is 0 Å². The first kappa shape index (κ1) is 10.4. The van der Waals surface area contributed by atoms with Gasteiger partial charge >= 0.3 is 0 Å². The SMILES string of the molecule is CCCCSc1s[nH]c(=O)c1C#N. The van der Waals surface area contributed by atoms with Crippen LogP contribution in [0.15, 0.2) is 9.00 Å². The summed E-state index contributed by atoms with van der Waals surface area (Å²) < 4.78 is 3.38. The number of hydrogen-bond donors (Lipinski definition) is 1. The number of nitrogens with one attached hydrogen (secondary N) is 1. The first-order valence-electron chi connectivity index (χ1n) is 4.04. The molecule has 0 aliphatic carbocycles. The largest absolute Gasteiger partial charge is 0.277 e. The van der Waals surface area contributed by atoms with Crippen molar-refractivity contribution in [1.82, 2.24) is 4.37 Å². The molecule has 1 aromatic rings. The Morgan fingerprint density at radius 3 is 3.08 bits per heavy atom. The van der Waals surface area contributed by atoms with Gasteiger partial charge < -0.3 is 0 Å². The third-order valence-corrected chi connectivity index (χ3v) is 3.75. The highest BCUT2D eigenvalue weighted by Gasteiger charge is 2.09. The van der Waals surface area contributed by atoms with E-state index in [-0.39, 0.29) is 11.1 Å². The zero-order chi connectivity index (χ0) is 9.68. The summed E-state index contributed by atoms with van der Waals surface area (Å²) in [5.41, 5.74) is 0.0117. The van der Waals surface area contributed by atoms with Gasteiger partial charge in [0.25, 0.3) is 5.56 Å². The van der Waals surface area contributed by atoms with Gasteiger partial charge in [0.1, 0.15) is 15.8 Å². The van der Waals surface area contributed by atoms with Gasteiger partial charge in [-0.05, 0) is 12.2 Å². The van der Waals surface area contributed by atoms with Gasteiger partial charge in [-0.1, -0.05) is 24.9 Å². The van der Waals surface area contributed by atoms with E-state index >= 15 is 0 Å². The van der Waals surface area contributed by atoms with Crippen LogP contribution in [-0.2, 0) is 0 Å². The molecule has 13 heavy (non-hydrogen) atoms. The summed E-state index contributed by atoms with van der Waals surface area (Å²) in [6, 6.07) is 1.92. The molecule has 1 aromatic heterocycles. The molecule has 3 nitrogen and oxygen atoms in total. The predicted octanol–water partition coefficient (Wildman–Crippen LogP) is 2.20. The van der Waals surface area contributed by atoms with Gasteiger partial charge in [-0.3, -0.25) is 9.17 Å². The monoisotopic (exact) mass is 214 g/mol. The van der Waals surface area contributed by atoms with Crippen molar-refractivity contribution in [2.75, 3.05) is 5.75 Å². The minimum absolute atomic E-state index is 0.258. The van der Waals surface area contributed by atoms with Gasteiger partial charge in [-0.2, -0.15) is 5.26 Å². The molecule has 1 N–H and O–H groups in total. The molecule has 5 heteroatoms. The fourth-order valence-electron chi connectivity index (χ4n) is 0.795. The quantitative estimate of drug-likeness (QED) is 0.617. The zero-order valence-electron chi connectivity index (χ0n) is 7.29. The lowest BCUT2D eigenvalue weighted by molar-refractivity contribution is 0.896. The lowest BCUT2D eigenvalue weighted by atomic mass is 10.4. The van der Waals surface area contributed by atoms with Crippen molar-refractivity contribution in [2.45, 2.75) is 24.0 Å². The summed E-state index contributed by atoms with van der Waals surface area (Å²) in [7, 11) is 0. The van der Waals surface area contributed by atoms with Gasteiger partial charge in [0.05, 0.1) is 0 Å². The Hall–Kier alpha value is -0.730. The van der Waals surface area contributed by atoms with Crippen LogP contribution in [0.5, 0.6) is 0 Å². The maximum Gasteiger partial charge on any atom is 0.277 e. The normalized spacial score (nSPS) is 9.85. The van der Waals surface area contributed by atoms with Crippen LogP contribution in [0.3, 0.4) is 0 Å². The highest BCUT2D eigenvalue weighted by Crippen LogP contribution is 2.24. The average molecular weight is 214 g/mol. The molecule has 0 spiro atoms. The number of aromatic amines is 1. The van der Waals surface area contributed by atoms with Crippen LogP contribution in [0.25, 0.3) is 0 Å². The second-order valence-electron chi connectivity index (χ2n) is 2.51. The Kier molecular flexibility index (Phi) is 4.06. The molecule has 0 aromatic carbocycles. The van der Waals surface area contributed by atoms with Gasteiger partial charge in [0.2, 0.25) is 0 Å². The number of unbranched alkanes of at least 4 members (excludes halogenated alkanes) is 1. The number of H-pyrrole nitrogens is 1. The van der Waals surface area contributed by atoms with Crippen LogP contribution >= 0.6 is 23.3 Å². The Morgan fingerprint density at radius 2 is 2.46 bits per heavy atom. The number of nitrogens with zero attached hydrogens (tertiary/aromatic N) is 1. The third-order valence-electron chi connectivity index (χ3n) is 1.51. The van der Waals surface area contributed by atoms with Crippen molar-refractivity contribution >= 4 is 23.3 Å². The Bertz CT molecular complexity index is 361. The summed E-state index contributed by atoms with van der Waals surface area (Å²) in [5, 5.41) is 8.67. The molecule has 1 heterocycles. The summed E-state index contributed by atoms with van der Waals surface area (Å²) in [6.45, 7) is 2.12. The van der Waals surface area contributed by atoms with E-state index in [0.717, 1.165) is 22.8 Å². The van der Waals surface area contributed by atoms with Crippen molar-refractivity contribution in [2.24, 2.45) is 0 Å². The fraction of sp³-hybridized carbons (Fsp3) is 0.500. The van der Waals surface area contributed by atoms with Crippen molar-refractivity contribution in [1.29, 1.82) is 5.26 Å². The summed E-state index contributed by atoms with van der Waals surface area (Å²) in [6.07, 6.45) is 2.25. The van der Waals surface area contributed by atoms with E-state index in [9.17, 15) is 4.79 Å². The smallest absolute Gasteiger partial charge is 0.276 e. The van der Waals surface area contributed by atoms with Crippen molar-refractivity contribution in [3.8, 4) is 6.07 Å². The Balaban J connectivity index is 2.67. The van der Waals surface area contributed by atoms with E-state index in [0.29, 0.717) is 0 Å². The topological polar surface area (TPSA) is 56.6 Å².